The molecular weight excluding hydrogens is 290 g/mol. The Morgan fingerprint density at radius 1 is 1.45 bits per heavy atom. The minimum atomic E-state index is -0.121. The van der Waals surface area contributed by atoms with E-state index in [0.717, 1.165) is 29.7 Å². The standard InChI is InChI=1S/C15H21NO2S2/c1-3-8-18-15(17)13(4-2)20-10-11-6-5-7-12(9-11)14(16)19/h5-7,9,13H,3-4,8,10H2,1-2H3,(H2,16,19). The van der Waals surface area contributed by atoms with Crippen molar-refractivity contribution in [3.05, 3.63) is 35.4 Å². The molecule has 0 spiro atoms. The molecule has 0 aliphatic heterocycles. The van der Waals surface area contributed by atoms with Gasteiger partial charge in [-0.15, -0.1) is 11.8 Å². The van der Waals surface area contributed by atoms with Crippen molar-refractivity contribution in [1.29, 1.82) is 0 Å². The minimum Gasteiger partial charge on any atom is -0.465 e. The molecule has 0 radical (unpaired) electrons. The highest BCUT2D eigenvalue weighted by Crippen LogP contribution is 2.22. The maximum absolute atomic E-state index is 11.8. The van der Waals surface area contributed by atoms with E-state index in [4.69, 9.17) is 22.7 Å². The molecule has 0 bridgehead atoms. The van der Waals surface area contributed by atoms with Gasteiger partial charge in [0.25, 0.3) is 0 Å². The van der Waals surface area contributed by atoms with Gasteiger partial charge < -0.3 is 10.5 Å². The third-order valence-electron chi connectivity index (χ3n) is 2.74. The van der Waals surface area contributed by atoms with Crippen LogP contribution in [-0.2, 0) is 15.3 Å². The SMILES string of the molecule is CCCOC(=O)C(CC)SCc1cccc(C(N)=S)c1. The average molecular weight is 311 g/mol. The van der Waals surface area contributed by atoms with E-state index in [1.807, 2.05) is 38.1 Å². The van der Waals surface area contributed by atoms with E-state index in [0.29, 0.717) is 11.6 Å². The minimum absolute atomic E-state index is 0.116. The number of ether oxygens (including phenoxy) is 1. The van der Waals surface area contributed by atoms with Crippen LogP contribution in [0.4, 0.5) is 0 Å². The zero-order valence-corrected chi connectivity index (χ0v) is 13.6. The van der Waals surface area contributed by atoms with Crippen LogP contribution in [0.2, 0.25) is 0 Å². The number of hydrogen-bond donors (Lipinski definition) is 1. The second kappa shape index (κ2) is 8.97. The summed E-state index contributed by atoms with van der Waals surface area (Å²) >= 11 is 6.56. The summed E-state index contributed by atoms with van der Waals surface area (Å²) in [7, 11) is 0. The average Bonchev–Trinajstić information content (AvgIpc) is 2.46. The van der Waals surface area contributed by atoms with Gasteiger partial charge in [-0.3, -0.25) is 4.79 Å². The van der Waals surface area contributed by atoms with Crippen molar-refractivity contribution in [3.63, 3.8) is 0 Å². The largest absolute Gasteiger partial charge is 0.465 e. The molecule has 0 aliphatic carbocycles. The Hall–Kier alpha value is -1.07. The molecular formula is C15H21NO2S2. The Kier molecular flexibility index (Phi) is 7.62. The number of rotatable bonds is 8. The number of thiocarbonyl (C=S) groups is 1. The first-order valence-corrected chi connectivity index (χ1v) is 8.21. The van der Waals surface area contributed by atoms with E-state index >= 15 is 0 Å². The van der Waals surface area contributed by atoms with Gasteiger partial charge in [-0.2, -0.15) is 0 Å². The fraction of sp³-hybridized carbons (Fsp3) is 0.467. The first-order chi connectivity index (χ1) is 9.58. The summed E-state index contributed by atoms with van der Waals surface area (Å²) in [5.74, 6) is 0.626. The number of carbonyl (C=O) groups is 1. The van der Waals surface area contributed by atoms with Gasteiger partial charge in [0.05, 0.1) is 6.61 Å². The van der Waals surface area contributed by atoms with Crippen molar-refractivity contribution in [2.75, 3.05) is 6.61 Å². The van der Waals surface area contributed by atoms with Crippen LogP contribution in [0.25, 0.3) is 0 Å². The number of thioether (sulfide) groups is 1. The summed E-state index contributed by atoms with van der Waals surface area (Å²) < 4.78 is 5.19. The van der Waals surface area contributed by atoms with Crippen molar-refractivity contribution in [2.24, 2.45) is 5.73 Å². The molecule has 0 heterocycles. The number of esters is 1. The Bertz CT molecular complexity index is 463. The Balaban J connectivity index is 2.57. The molecule has 1 atom stereocenters. The summed E-state index contributed by atoms with van der Waals surface area (Å²) in [5.41, 5.74) is 7.59. The number of carbonyl (C=O) groups excluding carboxylic acids is 1. The molecule has 0 saturated heterocycles. The van der Waals surface area contributed by atoms with Crippen LogP contribution in [0.1, 0.15) is 37.8 Å². The van der Waals surface area contributed by atoms with Crippen LogP contribution in [0.3, 0.4) is 0 Å². The molecule has 0 aliphatic rings. The molecule has 1 aromatic rings. The van der Waals surface area contributed by atoms with E-state index in [9.17, 15) is 4.79 Å². The molecule has 0 fully saturated rings. The summed E-state index contributed by atoms with van der Waals surface area (Å²) in [6, 6.07) is 7.81. The molecule has 20 heavy (non-hydrogen) atoms. The fourth-order valence-electron chi connectivity index (χ4n) is 1.66. The van der Waals surface area contributed by atoms with E-state index in [2.05, 4.69) is 0 Å². The lowest BCUT2D eigenvalue weighted by atomic mass is 10.1. The number of hydrogen-bond acceptors (Lipinski definition) is 4. The van der Waals surface area contributed by atoms with Gasteiger partial charge in [0.15, 0.2) is 0 Å². The van der Waals surface area contributed by atoms with Gasteiger partial charge in [-0.25, -0.2) is 0 Å². The Morgan fingerprint density at radius 3 is 2.80 bits per heavy atom. The molecule has 1 aromatic carbocycles. The monoisotopic (exact) mass is 311 g/mol. The second-order valence-electron chi connectivity index (χ2n) is 4.44. The molecule has 0 amide bonds. The maximum atomic E-state index is 11.8. The van der Waals surface area contributed by atoms with Crippen molar-refractivity contribution < 1.29 is 9.53 Å². The lowest BCUT2D eigenvalue weighted by molar-refractivity contribution is -0.143. The van der Waals surface area contributed by atoms with Gasteiger partial charge in [-0.1, -0.05) is 44.3 Å². The van der Waals surface area contributed by atoms with E-state index in [-0.39, 0.29) is 11.2 Å². The zero-order chi connectivity index (χ0) is 15.0. The summed E-state index contributed by atoms with van der Waals surface area (Å²) in [4.78, 5) is 12.2. The van der Waals surface area contributed by atoms with Crippen LogP contribution in [0, 0.1) is 0 Å². The topological polar surface area (TPSA) is 52.3 Å². The highest BCUT2D eigenvalue weighted by Gasteiger charge is 2.18. The van der Waals surface area contributed by atoms with Crippen LogP contribution in [0.5, 0.6) is 0 Å². The first kappa shape index (κ1) is 17.0. The summed E-state index contributed by atoms with van der Waals surface area (Å²) in [6.45, 7) is 4.48. The van der Waals surface area contributed by atoms with Gasteiger partial charge in [-0.05, 0) is 24.5 Å². The van der Waals surface area contributed by atoms with Crippen LogP contribution >= 0.6 is 24.0 Å². The van der Waals surface area contributed by atoms with E-state index in [1.165, 1.54) is 0 Å². The molecule has 1 unspecified atom stereocenters. The van der Waals surface area contributed by atoms with Crippen molar-refractivity contribution >= 4 is 34.9 Å². The second-order valence-corrected chi connectivity index (χ2v) is 6.07. The maximum Gasteiger partial charge on any atom is 0.319 e. The number of benzene rings is 1. The summed E-state index contributed by atoms with van der Waals surface area (Å²) in [6.07, 6.45) is 1.62. The van der Waals surface area contributed by atoms with Crippen molar-refractivity contribution in [3.8, 4) is 0 Å². The normalized spacial score (nSPS) is 11.9. The van der Waals surface area contributed by atoms with Gasteiger partial charge in [0, 0.05) is 11.3 Å². The predicted octanol–water partition coefficient (Wildman–Crippen LogP) is 3.29. The van der Waals surface area contributed by atoms with Gasteiger partial charge >= 0.3 is 5.97 Å². The number of nitrogens with two attached hydrogens (primary N) is 1. The molecule has 110 valence electrons. The van der Waals surface area contributed by atoms with Crippen molar-refractivity contribution in [1.82, 2.24) is 0 Å². The van der Waals surface area contributed by atoms with Gasteiger partial charge in [0.2, 0.25) is 0 Å². The lowest BCUT2D eigenvalue weighted by Crippen LogP contribution is -2.20. The van der Waals surface area contributed by atoms with E-state index < -0.39 is 0 Å². The quantitative estimate of drug-likeness (QED) is 0.590. The van der Waals surface area contributed by atoms with Crippen LogP contribution < -0.4 is 5.73 Å². The lowest BCUT2D eigenvalue weighted by Gasteiger charge is -2.13. The fourth-order valence-corrected chi connectivity index (χ4v) is 2.80. The Morgan fingerprint density at radius 2 is 2.20 bits per heavy atom. The molecule has 0 saturated carbocycles. The van der Waals surface area contributed by atoms with Crippen LogP contribution in [-0.4, -0.2) is 22.8 Å². The highest BCUT2D eigenvalue weighted by atomic mass is 32.2. The predicted molar refractivity (Wildman–Crippen MR) is 89.0 cm³/mol. The molecule has 3 nitrogen and oxygen atoms in total. The first-order valence-electron chi connectivity index (χ1n) is 6.75. The molecule has 5 heteroatoms. The highest BCUT2D eigenvalue weighted by molar-refractivity contribution is 7.99. The van der Waals surface area contributed by atoms with Crippen molar-refractivity contribution in [2.45, 2.75) is 37.7 Å². The third kappa shape index (κ3) is 5.51. The molecule has 2 N–H and O–H groups in total. The van der Waals surface area contributed by atoms with Crippen LogP contribution in [0.15, 0.2) is 24.3 Å². The van der Waals surface area contributed by atoms with Gasteiger partial charge in [0.1, 0.15) is 10.2 Å². The molecule has 1 rings (SSSR count). The molecule has 0 aromatic heterocycles. The zero-order valence-electron chi connectivity index (χ0n) is 11.9. The smallest absolute Gasteiger partial charge is 0.319 e. The summed E-state index contributed by atoms with van der Waals surface area (Å²) in [5, 5.41) is -0.116. The Labute approximate surface area is 130 Å². The third-order valence-corrected chi connectivity index (χ3v) is 4.41. The van der Waals surface area contributed by atoms with E-state index in [1.54, 1.807) is 11.8 Å².